The van der Waals surface area contributed by atoms with Gasteiger partial charge in [-0.2, -0.15) is 0 Å². The van der Waals surface area contributed by atoms with Crippen molar-refractivity contribution < 1.29 is 0 Å². The van der Waals surface area contributed by atoms with Crippen molar-refractivity contribution in [2.24, 2.45) is 0 Å². The minimum Gasteiger partial charge on any atom is -0.305 e. The molecule has 4 nitrogen and oxygen atoms in total. The van der Waals surface area contributed by atoms with Gasteiger partial charge in [-0.3, -0.25) is 9.78 Å². The first kappa shape index (κ1) is 9.86. The zero-order valence-corrected chi connectivity index (χ0v) is 8.53. The molecule has 0 atom stereocenters. The highest BCUT2D eigenvalue weighted by molar-refractivity contribution is 6.17. The van der Waals surface area contributed by atoms with Gasteiger partial charge in [-0.15, -0.1) is 11.6 Å². The number of aromatic nitrogens is 3. The Morgan fingerprint density at radius 1 is 1.33 bits per heavy atom. The van der Waals surface area contributed by atoms with E-state index in [1.165, 1.54) is 6.20 Å². The number of aromatic amines is 1. The number of hydrogen-bond acceptors (Lipinski definition) is 3. The lowest BCUT2D eigenvalue weighted by Crippen LogP contribution is -2.13. The van der Waals surface area contributed by atoms with Crippen LogP contribution in [0.25, 0.3) is 11.5 Å². The number of halogens is 1. The second kappa shape index (κ2) is 4.23. The number of rotatable bonds is 2. The van der Waals surface area contributed by atoms with Crippen LogP contribution in [0.4, 0.5) is 0 Å². The second-order valence-corrected chi connectivity index (χ2v) is 3.20. The Morgan fingerprint density at radius 2 is 2.20 bits per heavy atom. The molecule has 0 fully saturated rings. The van der Waals surface area contributed by atoms with Gasteiger partial charge in [-0.25, -0.2) is 4.98 Å². The molecule has 15 heavy (non-hydrogen) atoms. The number of H-pyrrole nitrogens is 1. The maximum Gasteiger partial charge on any atom is 0.255 e. The van der Waals surface area contributed by atoms with Crippen molar-refractivity contribution in [2.45, 2.75) is 5.88 Å². The Kier molecular flexibility index (Phi) is 2.78. The molecule has 2 heterocycles. The maximum absolute atomic E-state index is 11.4. The molecule has 0 aliphatic heterocycles. The van der Waals surface area contributed by atoms with E-state index in [0.717, 1.165) is 0 Å². The second-order valence-electron chi connectivity index (χ2n) is 2.93. The Labute approximate surface area is 91.0 Å². The highest BCUT2D eigenvalue weighted by Gasteiger charge is 2.03. The van der Waals surface area contributed by atoms with E-state index in [1.807, 2.05) is 6.07 Å². The van der Waals surface area contributed by atoms with Gasteiger partial charge in [0.1, 0.15) is 5.69 Å². The lowest BCUT2D eigenvalue weighted by Gasteiger charge is -1.99. The van der Waals surface area contributed by atoms with E-state index >= 15 is 0 Å². The molecule has 2 aromatic rings. The molecule has 5 heteroatoms. The average Bonchev–Trinajstić information content (AvgIpc) is 2.30. The highest BCUT2D eigenvalue weighted by atomic mass is 35.5. The molecule has 2 aromatic heterocycles. The predicted octanol–water partition coefficient (Wildman–Crippen LogP) is 1.57. The van der Waals surface area contributed by atoms with Crippen molar-refractivity contribution >= 4 is 11.6 Å². The van der Waals surface area contributed by atoms with Crippen LogP contribution >= 0.6 is 11.6 Å². The first-order valence-corrected chi connectivity index (χ1v) is 4.90. The molecule has 2 rings (SSSR count). The smallest absolute Gasteiger partial charge is 0.255 e. The van der Waals surface area contributed by atoms with E-state index in [4.69, 9.17) is 11.6 Å². The first-order valence-electron chi connectivity index (χ1n) is 4.37. The minimum absolute atomic E-state index is 0.158. The number of alkyl halides is 1. The summed E-state index contributed by atoms with van der Waals surface area (Å²) in [5.41, 5.74) is 0.868. The average molecular weight is 222 g/mol. The topological polar surface area (TPSA) is 58.6 Å². The molecule has 0 saturated carbocycles. The van der Waals surface area contributed by atoms with Gasteiger partial charge in [0.05, 0.1) is 11.4 Å². The summed E-state index contributed by atoms with van der Waals surface area (Å²) in [7, 11) is 0. The van der Waals surface area contributed by atoms with Crippen LogP contribution in [0.15, 0.2) is 35.4 Å². The van der Waals surface area contributed by atoms with Gasteiger partial charge in [0, 0.05) is 12.4 Å². The van der Waals surface area contributed by atoms with Crippen LogP contribution in [0, 0.1) is 0 Å². The zero-order valence-electron chi connectivity index (χ0n) is 7.77. The van der Waals surface area contributed by atoms with E-state index in [1.54, 1.807) is 18.3 Å². The van der Waals surface area contributed by atoms with Gasteiger partial charge in [-0.05, 0) is 12.1 Å². The van der Waals surface area contributed by atoms with Gasteiger partial charge < -0.3 is 4.98 Å². The normalized spacial score (nSPS) is 10.2. The Hall–Kier alpha value is -1.68. The lowest BCUT2D eigenvalue weighted by atomic mass is 10.3. The molecule has 0 radical (unpaired) electrons. The summed E-state index contributed by atoms with van der Waals surface area (Å²) < 4.78 is 0. The molecule has 76 valence electrons. The fraction of sp³-hybridized carbons (Fsp3) is 0.100. The van der Waals surface area contributed by atoms with Crippen molar-refractivity contribution in [1.29, 1.82) is 0 Å². The van der Waals surface area contributed by atoms with Gasteiger partial charge in [0.15, 0.2) is 5.82 Å². The SMILES string of the molecule is O=c1[nH]c(-c2ccccn2)ncc1CCl. The maximum atomic E-state index is 11.4. The van der Waals surface area contributed by atoms with E-state index < -0.39 is 0 Å². The van der Waals surface area contributed by atoms with Crippen molar-refractivity contribution in [3.63, 3.8) is 0 Å². The van der Waals surface area contributed by atoms with Crippen LogP contribution in [0.2, 0.25) is 0 Å². The molecule has 0 saturated heterocycles. The van der Waals surface area contributed by atoms with Crippen molar-refractivity contribution in [3.05, 3.63) is 46.5 Å². The summed E-state index contributed by atoms with van der Waals surface area (Å²) in [6, 6.07) is 5.41. The third kappa shape index (κ3) is 2.05. The van der Waals surface area contributed by atoms with Crippen molar-refractivity contribution in [2.75, 3.05) is 0 Å². The summed E-state index contributed by atoms with van der Waals surface area (Å²) in [5.74, 6) is 0.611. The van der Waals surface area contributed by atoms with Crippen LogP contribution in [-0.2, 0) is 5.88 Å². The summed E-state index contributed by atoms with van der Waals surface area (Å²) >= 11 is 5.55. The van der Waals surface area contributed by atoms with Gasteiger partial charge in [-0.1, -0.05) is 6.07 Å². The minimum atomic E-state index is -0.222. The fourth-order valence-corrected chi connectivity index (χ4v) is 1.34. The third-order valence-corrected chi connectivity index (χ3v) is 2.21. The monoisotopic (exact) mass is 221 g/mol. The first-order chi connectivity index (χ1) is 7.31. The Bertz CT molecular complexity index is 510. The molecule has 0 aliphatic carbocycles. The van der Waals surface area contributed by atoms with E-state index in [0.29, 0.717) is 17.1 Å². The number of pyridine rings is 1. The Morgan fingerprint density at radius 3 is 2.80 bits per heavy atom. The zero-order chi connectivity index (χ0) is 10.7. The summed E-state index contributed by atoms with van der Waals surface area (Å²) in [6.07, 6.45) is 3.11. The molecular weight excluding hydrogens is 214 g/mol. The summed E-state index contributed by atoms with van der Waals surface area (Å²) in [6.45, 7) is 0. The molecule has 0 unspecified atom stereocenters. The van der Waals surface area contributed by atoms with Gasteiger partial charge in [0.25, 0.3) is 5.56 Å². The third-order valence-electron chi connectivity index (χ3n) is 1.92. The van der Waals surface area contributed by atoms with Crippen LogP contribution in [-0.4, -0.2) is 15.0 Å². The quantitative estimate of drug-likeness (QED) is 0.784. The molecule has 0 aliphatic rings. The van der Waals surface area contributed by atoms with E-state index in [9.17, 15) is 4.79 Å². The molecule has 0 spiro atoms. The number of nitrogens with one attached hydrogen (secondary N) is 1. The summed E-state index contributed by atoms with van der Waals surface area (Å²) in [4.78, 5) is 22.2. The largest absolute Gasteiger partial charge is 0.305 e. The molecule has 1 N–H and O–H groups in total. The van der Waals surface area contributed by atoms with Crippen LogP contribution in [0.3, 0.4) is 0 Å². The predicted molar refractivity (Wildman–Crippen MR) is 57.6 cm³/mol. The molecular formula is C10H8ClN3O. The van der Waals surface area contributed by atoms with E-state index in [2.05, 4.69) is 15.0 Å². The number of hydrogen-bond donors (Lipinski definition) is 1. The Balaban J connectivity index is 2.48. The fourth-order valence-electron chi connectivity index (χ4n) is 1.15. The molecule has 0 aromatic carbocycles. The lowest BCUT2D eigenvalue weighted by molar-refractivity contribution is 1.06. The van der Waals surface area contributed by atoms with Crippen molar-refractivity contribution in [1.82, 2.24) is 15.0 Å². The van der Waals surface area contributed by atoms with Crippen LogP contribution in [0.1, 0.15) is 5.56 Å². The van der Waals surface area contributed by atoms with Crippen LogP contribution < -0.4 is 5.56 Å². The molecule has 0 bridgehead atoms. The van der Waals surface area contributed by atoms with E-state index in [-0.39, 0.29) is 11.4 Å². The van der Waals surface area contributed by atoms with Crippen LogP contribution in [0.5, 0.6) is 0 Å². The summed E-state index contributed by atoms with van der Waals surface area (Å²) in [5, 5.41) is 0. The van der Waals surface area contributed by atoms with Crippen molar-refractivity contribution in [3.8, 4) is 11.5 Å². The van der Waals surface area contributed by atoms with Gasteiger partial charge >= 0.3 is 0 Å². The highest BCUT2D eigenvalue weighted by Crippen LogP contribution is 2.08. The molecule has 0 amide bonds. The number of nitrogens with zero attached hydrogens (tertiary/aromatic N) is 2. The standard InChI is InChI=1S/C10H8ClN3O/c11-5-7-6-13-9(14-10(7)15)8-3-1-2-4-12-8/h1-4,6H,5H2,(H,13,14,15). The van der Waals surface area contributed by atoms with Gasteiger partial charge in [0.2, 0.25) is 0 Å².